The number of thiol groups is 1. The lowest BCUT2D eigenvalue weighted by Gasteiger charge is -1.98. The van der Waals surface area contributed by atoms with Crippen molar-refractivity contribution in [3.05, 3.63) is 41.5 Å². The minimum atomic E-state index is -0.260. The fourth-order valence-electron chi connectivity index (χ4n) is 1.09. The highest BCUT2D eigenvalue weighted by atomic mass is 32.1. The van der Waals surface area contributed by atoms with Crippen molar-refractivity contribution in [1.29, 1.82) is 0 Å². The predicted molar refractivity (Wildman–Crippen MR) is 60.3 cm³/mol. The van der Waals surface area contributed by atoms with Crippen LogP contribution >= 0.6 is 12.6 Å². The molecule has 0 amide bonds. The van der Waals surface area contributed by atoms with Crippen LogP contribution in [-0.4, -0.2) is 16.8 Å². The first kappa shape index (κ1) is 11.0. The van der Waals surface area contributed by atoms with Crippen LogP contribution in [0.4, 0.5) is 0 Å². The zero-order chi connectivity index (χ0) is 10.4. The molecular formula is C11H12O2S. The van der Waals surface area contributed by atoms with E-state index in [0.29, 0.717) is 6.42 Å². The number of aliphatic hydroxyl groups is 1. The van der Waals surface area contributed by atoms with Gasteiger partial charge in [-0.3, -0.25) is 4.79 Å². The third kappa shape index (κ3) is 3.77. The molecule has 0 saturated heterocycles. The number of hydrogen-bond donors (Lipinski definition) is 2. The van der Waals surface area contributed by atoms with Gasteiger partial charge >= 0.3 is 0 Å². The number of aliphatic hydroxyl groups excluding tert-OH is 1. The second kappa shape index (κ2) is 5.62. The maximum absolute atomic E-state index is 10.5. The van der Waals surface area contributed by atoms with E-state index >= 15 is 0 Å². The number of hydrogen-bond acceptors (Lipinski definition) is 2. The molecule has 0 aliphatic rings. The molecule has 0 fully saturated rings. The van der Waals surface area contributed by atoms with Crippen LogP contribution in [0.5, 0.6) is 0 Å². The Labute approximate surface area is 88.7 Å². The molecule has 1 rings (SSSR count). The monoisotopic (exact) mass is 208 g/mol. The second-order valence-electron chi connectivity index (χ2n) is 2.89. The number of carbonyl (C=O) groups is 1. The molecule has 2 nitrogen and oxygen atoms in total. The Morgan fingerprint density at radius 1 is 1.36 bits per heavy atom. The Hall–Kier alpha value is -1.06. The lowest BCUT2D eigenvalue weighted by molar-refractivity contribution is -0.106. The zero-order valence-electron chi connectivity index (χ0n) is 7.68. The summed E-state index contributed by atoms with van der Waals surface area (Å²) in [6, 6.07) is 7.66. The first-order chi connectivity index (χ1) is 6.72. The normalized spacial score (nSPS) is 10.7. The van der Waals surface area contributed by atoms with Gasteiger partial charge in [-0.05, 0) is 23.6 Å². The van der Waals surface area contributed by atoms with Gasteiger partial charge < -0.3 is 5.11 Å². The highest BCUT2D eigenvalue weighted by Gasteiger charge is 1.91. The van der Waals surface area contributed by atoms with E-state index in [-0.39, 0.29) is 11.7 Å². The number of carbonyl (C=O) groups excluding carboxylic acids is 1. The molecule has 0 atom stereocenters. The Balaban J connectivity index is 2.68. The van der Waals surface area contributed by atoms with Crippen LogP contribution in [0.2, 0.25) is 0 Å². The lowest BCUT2D eigenvalue weighted by atomic mass is 10.1. The molecule has 3 heteroatoms. The topological polar surface area (TPSA) is 37.3 Å². The molecule has 0 aromatic heterocycles. The molecule has 0 bridgehead atoms. The summed E-state index contributed by atoms with van der Waals surface area (Å²) >= 11 is 3.62. The molecule has 0 aliphatic carbocycles. The van der Waals surface area contributed by atoms with Crippen LogP contribution in [0, 0.1) is 0 Å². The van der Waals surface area contributed by atoms with Gasteiger partial charge in [-0.2, -0.15) is 0 Å². The van der Waals surface area contributed by atoms with Crippen molar-refractivity contribution in [3.8, 4) is 0 Å². The van der Waals surface area contributed by atoms with Gasteiger partial charge in [0.25, 0.3) is 0 Å². The molecule has 1 aromatic rings. The van der Waals surface area contributed by atoms with Crippen LogP contribution in [0.25, 0.3) is 6.08 Å². The highest BCUT2D eigenvalue weighted by molar-refractivity contribution is 7.97. The number of rotatable bonds is 4. The SMILES string of the molecule is O=C(S)C=Cc1ccc(CCO)cc1. The predicted octanol–water partition coefficient (Wildman–Crippen LogP) is 1.69. The quantitative estimate of drug-likeness (QED) is 0.583. The van der Waals surface area contributed by atoms with E-state index in [1.165, 1.54) is 6.08 Å². The van der Waals surface area contributed by atoms with E-state index in [9.17, 15) is 4.79 Å². The van der Waals surface area contributed by atoms with Crippen molar-refractivity contribution >= 4 is 23.8 Å². The van der Waals surface area contributed by atoms with Crippen molar-refractivity contribution in [3.63, 3.8) is 0 Å². The number of benzene rings is 1. The van der Waals surface area contributed by atoms with Crippen molar-refractivity contribution in [2.24, 2.45) is 0 Å². The Kier molecular flexibility index (Phi) is 4.43. The maximum Gasteiger partial charge on any atom is 0.209 e. The molecule has 0 aliphatic heterocycles. The van der Waals surface area contributed by atoms with E-state index < -0.39 is 0 Å². The Morgan fingerprint density at radius 3 is 2.50 bits per heavy atom. The third-order valence-electron chi connectivity index (χ3n) is 1.80. The van der Waals surface area contributed by atoms with Crippen molar-refractivity contribution < 1.29 is 9.90 Å². The first-order valence-corrected chi connectivity index (χ1v) is 4.78. The molecule has 0 saturated carbocycles. The van der Waals surface area contributed by atoms with Gasteiger partial charge in [0.2, 0.25) is 5.12 Å². The van der Waals surface area contributed by atoms with Gasteiger partial charge in [0, 0.05) is 6.61 Å². The van der Waals surface area contributed by atoms with Crippen LogP contribution in [0.15, 0.2) is 30.3 Å². The van der Waals surface area contributed by atoms with Gasteiger partial charge in [0.1, 0.15) is 0 Å². The third-order valence-corrected chi connectivity index (χ3v) is 1.95. The highest BCUT2D eigenvalue weighted by Crippen LogP contribution is 2.06. The molecule has 74 valence electrons. The lowest BCUT2D eigenvalue weighted by Crippen LogP contribution is -1.89. The minimum Gasteiger partial charge on any atom is -0.396 e. The molecule has 1 aromatic carbocycles. The van der Waals surface area contributed by atoms with Crippen molar-refractivity contribution in [2.45, 2.75) is 6.42 Å². The molecule has 14 heavy (non-hydrogen) atoms. The summed E-state index contributed by atoms with van der Waals surface area (Å²) in [5.41, 5.74) is 2.04. The molecule has 0 unspecified atom stereocenters. The maximum atomic E-state index is 10.5. The largest absolute Gasteiger partial charge is 0.396 e. The van der Waals surface area contributed by atoms with Gasteiger partial charge in [0.15, 0.2) is 0 Å². The summed E-state index contributed by atoms with van der Waals surface area (Å²) in [6.07, 6.45) is 3.78. The molecule has 0 radical (unpaired) electrons. The van der Waals surface area contributed by atoms with Crippen LogP contribution in [0.3, 0.4) is 0 Å². The van der Waals surface area contributed by atoms with E-state index in [4.69, 9.17) is 5.11 Å². The fraction of sp³-hybridized carbons (Fsp3) is 0.182. The van der Waals surface area contributed by atoms with E-state index in [0.717, 1.165) is 11.1 Å². The van der Waals surface area contributed by atoms with Crippen LogP contribution in [0.1, 0.15) is 11.1 Å². The molecule has 0 heterocycles. The fourth-order valence-corrected chi connectivity index (χ4v) is 1.17. The van der Waals surface area contributed by atoms with Crippen LogP contribution < -0.4 is 0 Å². The second-order valence-corrected chi connectivity index (χ2v) is 3.33. The van der Waals surface area contributed by atoms with E-state index in [2.05, 4.69) is 12.6 Å². The molecular weight excluding hydrogens is 196 g/mol. The Bertz CT molecular complexity index is 328. The smallest absolute Gasteiger partial charge is 0.209 e. The van der Waals surface area contributed by atoms with Crippen LogP contribution in [-0.2, 0) is 11.2 Å². The Morgan fingerprint density at radius 2 is 2.00 bits per heavy atom. The summed E-state index contributed by atoms with van der Waals surface area (Å²) in [6.45, 7) is 0.157. The van der Waals surface area contributed by atoms with Gasteiger partial charge in [-0.15, -0.1) is 12.6 Å². The standard InChI is InChI=1S/C11H12O2S/c12-8-7-10-3-1-9(2-4-10)5-6-11(13)14/h1-6,12H,7-8H2,(H,13,14). The van der Waals surface area contributed by atoms with E-state index in [1.54, 1.807) is 6.08 Å². The summed E-state index contributed by atoms with van der Waals surface area (Å²) in [4.78, 5) is 10.5. The van der Waals surface area contributed by atoms with Crippen molar-refractivity contribution in [1.82, 2.24) is 0 Å². The summed E-state index contributed by atoms with van der Waals surface area (Å²) in [5.74, 6) is 0. The zero-order valence-corrected chi connectivity index (χ0v) is 8.58. The first-order valence-electron chi connectivity index (χ1n) is 4.33. The minimum absolute atomic E-state index is 0.157. The van der Waals surface area contributed by atoms with Crippen molar-refractivity contribution in [2.75, 3.05) is 6.61 Å². The molecule has 1 N–H and O–H groups in total. The average Bonchev–Trinajstić information content (AvgIpc) is 2.17. The summed E-state index contributed by atoms with van der Waals surface area (Å²) in [5, 5.41) is 8.44. The summed E-state index contributed by atoms with van der Waals surface area (Å²) < 4.78 is 0. The van der Waals surface area contributed by atoms with Gasteiger partial charge in [-0.1, -0.05) is 30.3 Å². The van der Waals surface area contributed by atoms with E-state index in [1.807, 2.05) is 24.3 Å². The van der Waals surface area contributed by atoms with Gasteiger partial charge in [0.05, 0.1) is 0 Å². The van der Waals surface area contributed by atoms with Gasteiger partial charge in [-0.25, -0.2) is 0 Å². The molecule has 0 spiro atoms. The summed E-state index contributed by atoms with van der Waals surface area (Å²) in [7, 11) is 0. The average molecular weight is 208 g/mol.